The Labute approximate surface area is 378 Å². The summed E-state index contributed by atoms with van der Waals surface area (Å²) in [6, 6.07) is 0. The van der Waals surface area contributed by atoms with E-state index in [4.69, 9.17) is 28.4 Å². The van der Waals surface area contributed by atoms with E-state index >= 15 is 0 Å². The number of hydrogen-bond acceptors (Lipinski definition) is 15. The van der Waals surface area contributed by atoms with Gasteiger partial charge in [-0.2, -0.15) is 0 Å². The third-order valence-corrected chi connectivity index (χ3v) is 12.3. The van der Waals surface area contributed by atoms with Crippen molar-refractivity contribution in [2.75, 3.05) is 26.4 Å². The van der Waals surface area contributed by atoms with Gasteiger partial charge in [-0.3, -0.25) is 9.59 Å². The van der Waals surface area contributed by atoms with Crippen LogP contribution in [0.25, 0.3) is 0 Å². The highest BCUT2D eigenvalue weighted by atomic mass is 16.7. The molecule has 0 bridgehead atoms. The van der Waals surface area contributed by atoms with Crippen LogP contribution in [0, 0.1) is 0 Å². The van der Waals surface area contributed by atoms with Crippen LogP contribution in [0.3, 0.4) is 0 Å². The Bertz CT molecular complexity index is 1110. The molecule has 2 aliphatic heterocycles. The summed E-state index contributed by atoms with van der Waals surface area (Å²) in [5.41, 5.74) is 0. The summed E-state index contributed by atoms with van der Waals surface area (Å²) in [4.78, 5) is 25.2. The molecule has 2 saturated heterocycles. The molecule has 63 heavy (non-hydrogen) atoms. The van der Waals surface area contributed by atoms with Gasteiger partial charge in [-0.15, -0.1) is 0 Å². The first kappa shape index (κ1) is 57.6. The molecule has 11 unspecified atom stereocenters. The zero-order valence-corrected chi connectivity index (χ0v) is 39.1. The molecule has 0 aliphatic carbocycles. The van der Waals surface area contributed by atoms with Gasteiger partial charge in [0.1, 0.15) is 55.4 Å². The quantitative estimate of drug-likeness (QED) is 0.0260. The number of esters is 2. The first-order valence-electron chi connectivity index (χ1n) is 25.1. The van der Waals surface area contributed by atoms with Crippen molar-refractivity contribution in [3.63, 3.8) is 0 Å². The molecule has 0 saturated carbocycles. The zero-order chi connectivity index (χ0) is 46.1. The minimum absolute atomic E-state index is 0.172. The van der Waals surface area contributed by atoms with Gasteiger partial charge in [0.25, 0.3) is 0 Å². The molecule has 7 N–H and O–H groups in total. The third-order valence-electron chi connectivity index (χ3n) is 12.3. The van der Waals surface area contributed by atoms with Crippen molar-refractivity contribution < 1.29 is 73.8 Å². The van der Waals surface area contributed by atoms with Gasteiger partial charge < -0.3 is 64.2 Å². The van der Waals surface area contributed by atoms with Crippen molar-refractivity contribution in [3.05, 3.63) is 0 Å². The van der Waals surface area contributed by atoms with Crippen molar-refractivity contribution in [2.24, 2.45) is 0 Å². The highest BCUT2D eigenvalue weighted by molar-refractivity contribution is 5.70. The lowest BCUT2D eigenvalue weighted by Crippen LogP contribution is -2.61. The first-order valence-corrected chi connectivity index (χ1v) is 25.1. The van der Waals surface area contributed by atoms with Crippen molar-refractivity contribution in [3.8, 4) is 0 Å². The van der Waals surface area contributed by atoms with E-state index in [1.165, 1.54) is 128 Å². The fourth-order valence-electron chi connectivity index (χ4n) is 8.16. The minimum Gasteiger partial charge on any atom is -0.462 e. The van der Waals surface area contributed by atoms with Gasteiger partial charge in [-0.05, 0) is 12.8 Å². The second-order valence-electron chi connectivity index (χ2n) is 18.0. The monoisotopic (exact) mass is 907 g/mol. The lowest BCUT2D eigenvalue weighted by atomic mass is 9.98. The minimum atomic E-state index is -1.76. The summed E-state index contributed by atoms with van der Waals surface area (Å²) in [5, 5.41) is 71.6. The summed E-state index contributed by atoms with van der Waals surface area (Å²) < 4.78 is 33.2. The average Bonchev–Trinajstić information content (AvgIpc) is 3.27. The second-order valence-corrected chi connectivity index (χ2v) is 18.0. The molecule has 15 nitrogen and oxygen atoms in total. The molecule has 0 radical (unpaired) electrons. The Morgan fingerprint density at radius 1 is 0.444 bits per heavy atom. The topological polar surface area (TPSA) is 231 Å². The van der Waals surface area contributed by atoms with Crippen molar-refractivity contribution in [1.82, 2.24) is 0 Å². The number of aliphatic hydroxyl groups is 7. The lowest BCUT2D eigenvalue weighted by molar-refractivity contribution is -0.332. The van der Waals surface area contributed by atoms with Gasteiger partial charge >= 0.3 is 11.9 Å². The summed E-state index contributed by atoms with van der Waals surface area (Å²) >= 11 is 0. The van der Waals surface area contributed by atoms with Crippen LogP contribution in [0.15, 0.2) is 0 Å². The normalized spacial score (nSPS) is 26.7. The van der Waals surface area contributed by atoms with Gasteiger partial charge in [-0.1, -0.05) is 174 Å². The van der Waals surface area contributed by atoms with E-state index in [0.29, 0.717) is 12.8 Å². The first-order chi connectivity index (χ1) is 30.5. The molecule has 2 fully saturated rings. The van der Waals surface area contributed by atoms with Crippen LogP contribution in [-0.4, -0.2) is 142 Å². The largest absolute Gasteiger partial charge is 0.462 e. The Morgan fingerprint density at radius 3 is 1.27 bits per heavy atom. The van der Waals surface area contributed by atoms with Crippen molar-refractivity contribution in [1.29, 1.82) is 0 Å². The predicted molar refractivity (Wildman–Crippen MR) is 238 cm³/mol. The van der Waals surface area contributed by atoms with Crippen LogP contribution < -0.4 is 0 Å². The van der Waals surface area contributed by atoms with Gasteiger partial charge in [-0.25, -0.2) is 0 Å². The molecule has 15 heteroatoms. The van der Waals surface area contributed by atoms with Gasteiger partial charge in [0.15, 0.2) is 18.7 Å². The molecule has 11 atom stereocenters. The van der Waals surface area contributed by atoms with Crippen molar-refractivity contribution in [2.45, 2.75) is 268 Å². The molecular weight excluding hydrogens is 817 g/mol. The summed E-state index contributed by atoms with van der Waals surface area (Å²) in [6.45, 7) is 2.42. The molecule has 0 aromatic heterocycles. The molecule has 0 spiro atoms. The molecule has 0 amide bonds. The highest BCUT2D eigenvalue weighted by Gasteiger charge is 2.47. The smallest absolute Gasteiger partial charge is 0.306 e. The van der Waals surface area contributed by atoms with Crippen LogP contribution in [0.5, 0.6) is 0 Å². The van der Waals surface area contributed by atoms with E-state index in [1.54, 1.807) is 0 Å². The number of carbonyl (C=O) groups is 2. The van der Waals surface area contributed by atoms with E-state index in [0.717, 1.165) is 32.1 Å². The highest BCUT2D eigenvalue weighted by Crippen LogP contribution is 2.26. The maximum Gasteiger partial charge on any atom is 0.306 e. The third kappa shape index (κ3) is 25.3. The Hall–Kier alpha value is -1.50. The molecule has 2 heterocycles. The van der Waals surface area contributed by atoms with Crippen molar-refractivity contribution >= 4 is 11.9 Å². The maximum absolute atomic E-state index is 12.9. The van der Waals surface area contributed by atoms with Crippen LogP contribution in [0.2, 0.25) is 0 Å². The van der Waals surface area contributed by atoms with Crippen LogP contribution in [0.4, 0.5) is 0 Å². The SMILES string of the molecule is CCCCCCCCCCCCCCCCCCCCCCCCCCC(=O)OC(COC(=O)CCCCC)COC1OC(COC2OC(CO)C(O)C(O)C2O)C(O)C(O)C1O. The van der Waals surface area contributed by atoms with E-state index in [1.807, 2.05) is 6.92 Å². The number of unbranched alkanes of at least 4 members (excludes halogenated alkanes) is 25. The van der Waals surface area contributed by atoms with Gasteiger partial charge in [0, 0.05) is 12.8 Å². The zero-order valence-electron chi connectivity index (χ0n) is 39.1. The maximum atomic E-state index is 12.9. The average molecular weight is 907 g/mol. The number of hydrogen-bond donors (Lipinski definition) is 7. The number of aliphatic hydroxyl groups excluding tert-OH is 7. The molecule has 2 aliphatic rings. The van der Waals surface area contributed by atoms with Crippen LogP contribution >= 0.6 is 0 Å². The van der Waals surface area contributed by atoms with Gasteiger partial charge in [0.2, 0.25) is 0 Å². The van der Waals surface area contributed by atoms with E-state index < -0.39 is 92.7 Å². The number of carbonyl (C=O) groups excluding carboxylic acids is 2. The molecule has 372 valence electrons. The Kier molecular flexibility index (Phi) is 33.5. The standard InChI is InChI=1S/C48H90O15/c1-3-5-7-8-9-10-11-12-13-14-15-16-17-18-19-20-21-22-23-24-25-26-27-29-31-40(51)61-36(33-58-39(50)30-28-6-4-2)34-59-47-46(57)44(55)42(53)38(63-47)35-60-48-45(56)43(54)41(52)37(32-49)62-48/h36-38,41-49,52-57H,3-35H2,1-2H3. The van der Waals surface area contributed by atoms with E-state index in [2.05, 4.69) is 6.92 Å². The second kappa shape index (κ2) is 36.6. The molecule has 0 aromatic carbocycles. The van der Waals surface area contributed by atoms with Gasteiger partial charge in [0.05, 0.1) is 19.8 Å². The summed E-state index contributed by atoms with van der Waals surface area (Å²) in [7, 11) is 0. The lowest BCUT2D eigenvalue weighted by Gasteiger charge is -2.42. The van der Waals surface area contributed by atoms with E-state index in [-0.39, 0.29) is 26.1 Å². The molecule has 0 aromatic rings. The van der Waals surface area contributed by atoms with Crippen LogP contribution in [-0.2, 0) is 38.0 Å². The summed E-state index contributed by atoms with van der Waals surface area (Å²) in [6.07, 6.45) is 16.9. The van der Waals surface area contributed by atoms with Crippen LogP contribution in [0.1, 0.15) is 200 Å². The number of rotatable bonds is 39. The number of ether oxygens (including phenoxy) is 6. The summed E-state index contributed by atoms with van der Waals surface area (Å²) in [5.74, 6) is -0.941. The Morgan fingerprint density at radius 2 is 0.810 bits per heavy atom. The van der Waals surface area contributed by atoms with E-state index in [9.17, 15) is 45.3 Å². The Balaban J connectivity index is 1.63. The molecule has 2 rings (SSSR count). The fourth-order valence-corrected chi connectivity index (χ4v) is 8.16. The predicted octanol–water partition coefficient (Wildman–Crippen LogP) is 6.43. The molecular formula is C48H90O15. The fraction of sp³-hybridized carbons (Fsp3) is 0.958.